The molecule has 0 unspecified atom stereocenters. The van der Waals surface area contributed by atoms with Crippen molar-refractivity contribution >= 4 is 22.9 Å². The maximum Gasteiger partial charge on any atom is 0.194 e. The van der Waals surface area contributed by atoms with Crippen molar-refractivity contribution in [2.75, 3.05) is 13.1 Å². The molecule has 0 bridgehead atoms. The van der Waals surface area contributed by atoms with Gasteiger partial charge >= 0.3 is 0 Å². The van der Waals surface area contributed by atoms with Crippen LogP contribution in [0.25, 0.3) is 10.6 Å². The summed E-state index contributed by atoms with van der Waals surface area (Å²) < 4.78 is 6.47. The summed E-state index contributed by atoms with van der Waals surface area (Å²) in [4.78, 5) is 5.32. The highest BCUT2D eigenvalue weighted by molar-refractivity contribution is 7.19. The molecule has 0 fully saturated rings. The van der Waals surface area contributed by atoms with E-state index >= 15 is 0 Å². The van der Waals surface area contributed by atoms with E-state index in [1.165, 1.54) is 17.8 Å². The van der Waals surface area contributed by atoms with Gasteiger partial charge in [-0.15, -0.1) is 11.3 Å². The zero-order valence-electron chi connectivity index (χ0n) is 10.4. The van der Waals surface area contributed by atoms with E-state index in [0.29, 0.717) is 0 Å². The van der Waals surface area contributed by atoms with Gasteiger partial charge in [-0.3, -0.25) is 0 Å². The summed E-state index contributed by atoms with van der Waals surface area (Å²) in [5.41, 5.74) is 0. The van der Waals surface area contributed by atoms with Crippen LogP contribution in [0.15, 0.2) is 22.7 Å². The number of aromatic nitrogens is 1. The average molecular weight is 285 g/mol. The highest BCUT2D eigenvalue weighted by Gasteiger charge is 2.08. The predicted octanol–water partition coefficient (Wildman–Crippen LogP) is 3.99. The lowest BCUT2D eigenvalue weighted by Crippen LogP contribution is -2.16. The second-order valence-electron chi connectivity index (χ2n) is 4.08. The zero-order valence-corrected chi connectivity index (χ0v) is 12.0. The van der Waals surface area contributed by atoms with Gasteiger partial charge in [-0.1, -0.05) is 18.5 Å². The van der Waals surface area contributed by atoms with Crippen molar-refractivity contribution in [3.8, 4) is 10.6 Å². The Kier molecular flexibility index (Phi) is 5.23. The fourth-order valence-corrected chi connectivity index (χ4v) is 2.64. The van der Waals surface area contributed by atoms with Crippen molar-refractivity contribution in [3.63, 3.8) is 0 Å². The molecular weight excluding hydrogens is 268 g/mol. The van der Waals surface area contributed by atoms with E-state index in [1.807, 2.05) is 12.1 Å². The first-order chi connectivity index (χ1) is 8.79. The normalized spacial score (nSPS) is 11.0. The minimum Gasteiger partial charge on any atom is -0.440 e. The molecule has 2 aromatic rings. The molecule has 1 N–H and O–H groups in total. The van der Waals surface area contributed by atoms with Gasteiger partial charge in [0.15, 0.2) is 11.7 Å². The highest BCUT2D eigenvalue weighted by Crippen LogP contribution is 2.31. The second kappa shape index (κ2) is 6.92. The lowest BCUT2D eigenvalue weighted by molar-refractivity contribution is 0.492. The van der Waals surface area contributed by atoms with Crippen molar-refractivity contribution < 1.29 is 4.42 Å². The number of hydrogen-bond donors (Lipinski definition) is 1. The van der Waals surface area contributed by atoms with Gasteiger partial charge in [-0.25, -0.2) is 4.98 Å². The Morgan fingerprint density at radius 3 is 3.00 bits per heavy atom. The van der Waals surface area contributed by atoms with E-state index in [-0.39, 0.29) is 0 Å². The van der Waals surface area contributed by atoms with E-state index in [1.54, 1.807) is 6.20 Å². The number of oxazole rings is 1. The lowest BCUT2D eigenvalue weighted by atomic mass is 10.3. The van der Waals surface area contributed by atoms with Crippen molar-refractivity contribution in [2.45, 2.75) is 26.2 Å². The summed E-state index contributed by atoms with van der Waals surface area (Å²) in [7, 11) is 0. The Morgan fingerprint density at radius 1 is 1.39 bits per heavy atom. The van der Waals surface area contributed by atoms with Crippen LogP contribution < -0.4 is 5.32 Å². The molecule has 0 aliphatic rings. The summed E-state index contributed by atoms with van der Waals surface area (Å²) >= 11 is 7.41. The molecular formula is C13H17ClN2OS. The summed E-state index contributed by atoms with van der Waals surface area (Å²) in [6.07, 6.45) is 4.86. The predicted molar refractivity (Wildman–Crippen MR) is 76.3 cm³/mol. The van der Waals surface area contributed by atoms with Crippen LogP contribution in [0.4, 0.5) is 0 Å². The minimum absolute atomic E-state index is 0.770. The van der Waals surface area contributed by atoms with Gasteiger partial charge in [-0.05, 0) is 38.1 Å². The van der Waals surface area contributed by atoms with Crippen molar-refractivity contribution in [3.05, 3.63) is 28.6 Å². The molecule has 3 nitrogen and oxygen atoms in total. The van der Waals surface area contributed by atoms with Crippen LogP contribution in [0.3, 0.4) is 0 Å². The van der Waals surface area contributed by atoms with Crippen LogP contribution in [-0.4, -0.2) is 18.1 Å². The van der Waals surface area contributed by atoms with Gasteiger partial charge in [-0.2, -0.15) is 0 Å². The topological polar surface area (TPSA) is 38.1 Å². The molecule has 0 amide bonds. The maximum atomic E-state index is 5.90. The quantitative estimate of drug-likeness (QED) is 0.781. The van der Waals surface area contributed by atoms with Gasteiger partial charge < -0.3 is 9.73 Å². The third kappa shape index (κ3) is 3.83. The monoisotopic (exact) mass is 284 g/mol. The van der Waals surface area contributed by atoms with Crippen molar-refractivity contribution in [1.82, 2.24) is 10.3 Å². The maximum absolute atomic E-state index is 5.90. The van der Waals surface area contributed by atoms with Gasteiger partial charge in [0.25, 0.3) is 0 Å². The zero-order chi connectivity index (χ0) is 12.8. The minimum atomic E-state index is 0.770. The van der Waals surface area contributed by atoms with Gasteiger partial charge in [0.1, 0.15) is 0 Å². The first-order valence-electron chi connectivity index (χ1n) is 6.20. The van der Waals surface area contributed by atoms with Crippen LogP contribution in [0.1, 0.15) is 25.7 Å². The summed E-state index contributed by atoms with van der Waals surface area (Å²) in [5.74, 6) is 1.61. The van der Waals surface area contributed by atoms with Crippen LogP contribution in [-0.2, 0) is 6.42 Å². The van der Waals surface area contributed by atoms with Crippen LogP contribution in [0, 0.1) is 0 Å². The van der Waals surface area contributed by atoms with Crippen molar-refractivity contribution in [1.29, 1.82) is 0 Å². The number of nitrogens with zero attached hydrogens (tertiary/aromatic N) is 1. The Morgan fingerprint density at radius 2 is 2.28 bits per heavy atom. The van der Waals surface area contributed by atoms with Crippen LogP contribution >= 0.6 is 22.9 Å². The molecule has 18 heavy (non-hydrogen) atoms. The largest absolute Gasteiger partial charge is 0.440 e. The fourth-order valence-electron chi connectivity index (χ4n) is 1.65. The molecule has 0 radical (unpaired) electrons. The smallest absolute Gasteiger partial charge is 0.194 e. The summed E-state index contributed by atoms with van der Waals surface area (Å²) in [5, 5.41) is 3.36. The lowest BCUT2D eigenvalue weighted by Gasteiger charge is -2.00. The molecule has 0 aliphatic heterocycles. The molecule has 0 saturated heterocycles. The standard InChI is InChI=1S/C13H17ClN2OS/c1-2-7-15-8-3-4-13-16-9-10(17-13)11-5-6-12(14)18-11/h5-6,9,15H,2-4,7-8H2,1H3. The van der Waals surface area contributed by atoms with E-state index in [4.69, 9.17) is 16.0 Å². The SMILES string of the molecule is CCCNCCCc1ncc(-c2ccc(Cl)s2)o1. The number of aryl methyl sites for hydroxylation is 1. The van der Waals surface area contributed by atoms with Gasteiger partial charge in [0.05, 0.1) is 15.4 Å². The molecule has 5 heteroatoms. The Hall–Kier alpha value is -0.840. The molecule has 0 aliphatic carbocycles. The molecule has 98 valence electrons. The Labute approximate surface area is 116 Å². The van der Waals surface area contributed by atoms with Crippen molar-refractivity contribution in [2.24, 2.45) is 0 Å². The van der Waals surface area contributed by atoms with Crippen LogP contribution in [0.5, 0.6) is 0 Å². The molecule has 0 spiro atoms. The van der Waals surface area contributed by atoms with E-state index < -0.39 is 0 Å². The molecule has 2 aromatic heterocycles. The number of hydrogen-bond acceptors (Lipinski definition) is 4. The average Bonchev–Trinajstić information content (AvgIpc) is 2.97. The third-order valence-corrected chi connectivity index (χ3v) is 3.79. The van der Waals surface area contributed by atoms with E-state index in [9.17, 15) is 0 Å². The Bertz CT molecular complexity index is 481. The van der Waals surface area contributed by atoms with Gasteiger partial charge in [0.2, 0.25) is 0 Å². The highest BCUT2D eigenvalue weighted by atomic mass is 35.5. The summed E-state index contributed by atoms with van der Waals surface area (Å²) in [6.45, 7) is 4.25. The first kappa shape index (κ1) is 13.6. The summed E-state index contributed by atoms with van der Waals surface area (Å²) in [6, 6.07) is 3.83. The second-order valence-corrected chi connectivity index (χ2v) is 5.79. The number of thiophene rings is 1. The molecule has 2 rings (SSSR count). The number of rotatable bonds is 7. The van der Waals surface area contributed by atoms with Crippen LogP contribution in [0.2, 0.25) is 4.34 Å². The van der Waals surface area contributed by atoms with Gasteiger partial charge in [0, 0.05) is 6.42 Å². The fraction of sp³-hybridized carbons (Fsp3) is 0.462. The molecule has 2 heterocycles. The van der Waals surface area contributed by atoms with E-state index in [2.05, 4.69) is 17.2 Å². The number of nitrogens with one attached hydrogen (secondary N) is 1. The molecule has 0 aromatic carbocycles. The van der Waals surface area contributed by atoms with E-state index in [0.717, 1.165) is 46.8 Å². The third-order valence-electron chi connectivity index (χ3n) is 2.54. The Balaban J connectivity index is 1.83. The molecule has 0 atom stereocenters. The molecule has 0 saturated carbocycles. The first-order valence-corrected chi connectivity index (χ1v) is 7.40. The number of halogens is 1.